The van der Waals surface area contributed by atoms with E-state index in [2.05, 4.69) is 13.1 Å². The fraction of sp³-hybridized carbons (Fsp3) is 1.00. The number of hydrogen-bond acceptors (Lipinski definition) is 5. The summed E-state index contributed by atoms with van der Waals surface area (Å²) in [4.78, 5) is 0. The second kappa shape index (κ2) is 14.6. The van der Waals surface area contributed by atoms with E-state index < -0.39 is 18.1 Å². The van der Waals surface area contributed by atoms with Crippen LogP contribution >= 0.6 is 0 Å². The Labute approximate surface area is 121 Å². The summed E-state index contributed by atoms with van der Waals surface area (Å²) >= 11 is 0. The molecule has 0 aliphatic heterocycles. The molecule has 5 nitrogen and oxygen atoms in total. The smallest absolute Gasteiger partial charge is 0.395 e. The second-order valence-corrected chi connectivity index (χ2v) is 8.87. The lowest BCUT2D eigenvalue weighted by atomic mass is 10.9. The Balaban J connectivity index is 0. The lowest BCUT2D eigenvalue weighted by Gasteiger charge is -2.20. The summed E-state index contributed by atoms with van der Waals surface area (Å²) in [6.45, 7) is 17.5. The van der Waals surface area contributed by atoms with Gasteiger partial charge >= 0.3 is 18.1 Å². The maximum Gasteiger partial charge on any atom is 0.484 e. The number of hydrogen-bond donors (Lipinski definition) is 0. The quantitative estimate of drug-likeness (QED) is 0.580. The van der Waals surface area contributed by atoms with E-state index in [0.29, 0.717) is 19.8 Å². The molecule has 0 amide bonds. The van der Waals surface area contributed by atoms with Crippen molar-refractivity contribution < 1.29 is 22.1 Å². The minimum atomic E-state index is -1.73. The fourth-order valence-electron chi connectivity index (χ4n) is 1.29. The summed E-state index contributed by atoms with van der Waals surface area (Å²) in [7, 11) is -3.44. The van der Waals surface area contributed by atoms with Gasteiger partial charge in [0, 0.05) is 33.0 Å². The third-order valence-electron chi connectivity index (χ3n) is 1.89. The van der Waals surface area contributed by atoms with E-state index in [-0.39, 0.29) is 0 Å². The molecule has 0 aromatic heterocycles. The molecule has 19 heavy (non-hydrogen) atoms. The minimum Gasteiger partial charge on any atom is -0.395 e. The van der Waals surface area contributed by atoms with E-state index in [0.717, 1.165) is 13.2 Å². The molecule has 0 radical (unpaired) electrons. The van der Waals surface area contributed by atoms with Crippen molar-refractivity contribution >= 4 is 18.1 Å². The average molecular weight is 313 g/mol. The maximum atomic E-state index is 5.39. The predicted octanol–water partition coefficient (Wildman–Crippen LogP) is 2.57. The van der Waals surface area contributed by atoms with Gasteiger partial charge in [-0.05, 0) is 47.7 Å². The summed E-state index contributed by atoms with van der Waals surface area (Å²) in [6.07, 6.45) is 0. The van der Waals surface area contributed by atoms with Gasteiger partial charge in [-0.2, -0.15) is 0 Å². The lowest BCUT2D eigenvalue weighted by Crippen LogP contribution is -2.34. The lowest BCUT2D eigenvalue weighted by molar-refractivity contribution is 0.107. The van der Waals surface area contributed by atoms with Crippen LogP contribution in [0.2, 0.25) is 13.1 Å². The first-order valence-electron chi connectivity index (χ1n) is 7.09. The average Bonchev–Trinajstić information content (AvgIpc) is 2.30. The molecule has 0 rings (SSSR count). The van der Waals surface area contributed by atoms with Crippen molar-refractivity contribution in [3.63, 3.8) is 0 Å². The third kappa shape index (κ3) is 16.2. The molecule has 0 aromatic rings. The van der Waals surface area contributed by atoms with Gasteiger partial charge in [0.2, 0.25) is 0 Å². The molecule has 0 saturated heterocycles. The Morgan fingerprint density at radius 2 is 0.947 bits per heavy atom. The van der Waals surface area contributed by atoms with Gasteiger partial charge in [-0.3, -0.25) is 0 Å². The van der Waals surface area contributed by atoms with Gasteiger partial charge in [0.15, 0.2) is 0 Å². The Morgan fingerprint density at radius 1 is 0.632 bits per heavy atom. The van der Waals surface area contributed by atoms with Crippen molar-refractivity contribution in [1.29, 1.82) is 0 Å². The molecular weight excluding hydrogens is 280 g/mol. The van der Waals surface area contributed by atoms with Crippen LogP contribution in [0.25, 0.3) is 0 Å². The van der Waals surface area contributed by atoms with Crippen LogP contribution < -0.4 is 0 Å². The highest BCUT2D eigenvalue weighted by Crippen LogP contribution is 2.04. The second-order valence-electron chi connectivity index (χ2n) is 3.92. The van der Waals surface area contributed by atoms with E-state index in [1.165, 1.54) is 0 Å². The molecule has 0 bridgehead atoms. The highest BCUT2D eigenvalue weighted by molar-refractivity contribution is 6.64. The van der Waals surface area contributed by atoms with Crippen LogP contribution in [0.4, 0.5) is 0 Å². The van der Waals surface area contributed by atoms with Crippen molar-refractivity contribution in [3.8, 4) is 0 Å². The van der Waals surface area contributed by atoms with Crippen LogP contribution in [0, 0.1) is 0 Å². The zero-order valence-corrected chi connectivity index (χ0v) is 15.8. The van der Waals surface area contributed by atoms with Crippen LogP contribution in [0.5, 0.6) is 0 Å². The highest BCUT2D eigenvalue weighted by Gasteiger charge is 2.22. The topological polar surface area (TPSA) is 46.2 Å². The van der Waals surface area contributed by atoms with Crippen LogP contribution in [0.3, 0.4) is 0 Å². The van der Waals surface area contributed by atoms with E-state index >= 15 is 0 Å². The molecule has 0 atom stereocenters. The van der Waals surface area contributed by atoms with Gasteiger partial charge in [-0.1, -0.05) is 0 Å². The Hall–Kier alpha value is 0.234. The molecule has 0 spiro atoms. The van der Waals surface area contributed by atoms with E-state index in [9.17, 15) is 0 Å². The monoisotopic (exact) mass is 312 g/mol. The molecule has 0 saturated carbocycles. The standard InChI is InChI=1S/C6H16O3Si.C6H16O2Si/c1-4-7-10(8-5-2)9-6-3;1-5-7-9(3,4)8-6-2/h10H,4-6H2,1-3H3;5-6H2,1-4H3. The van der Waals surface area contributed by atoms with Crippen molar-refractivity contribution in [2.45, 2.75) is 47.7 Å². The Kier molecular flexibility index (Phi) is 16.6. The van der Waals surface area contributed by atoms with E-state index in [1.54, 1.807) is 0 Å². The van der Waals surface area contributed by atoms with E-state index in [4.69, 9.17) is 22.1 Å². The zero-order chi connectivity index (χ0) is 15.1. The van der Waals surface area contributed by atoms with Gasteiger partial charge in [-0.25, -0.2) is 0 Å². The molecule has 0 aliphatic carbocycles. The summed E-state index contributed by atoms with van der Waals surface area (Å²) in [5.74, 6) is 0. The molecule has 0 heterocycles. The molecule has 118 valence electrons. The highest BCUT2D eigenvalue weighted by atomic mass is 28.4. The minimum absolute atomic E-state index is 0.677. The van der Waals surface area contributed by atoms with Crippen LogP contribution in [-0.4, -0.2) is 51.1 Å². The largest absolute Gasteiger partial charge is 0.484 e. The predicted molar refractivity (Wildman–Crippen MR) is 82.8 cm³/mol. The van der Waals surface area contributed by atoms with Gasteiger partial charge in [0.05, 0.1) is 0 Å². The number of rotatable bonds is 10. The molecular formula is C12H32O5Si2. The molecule has 7 heteroatoms. The van der Waals surface area contributed by atoms with Crippen LogP contribution in [0.15, 0.2) is 0 Å². The summed E-state index contributed by atoms with van der Waals surface area (Å²) in [5.41, 5.74) is 0. The van der Waals surface area contributed by atoms with Crippen molar-refractivity contribution in [2.75, 3.05) is 33.0 Å². The summed E-state index contributed by atoms with van der Waals surface area (Å²) in [6, 6.07) is 0. The Bertz CT molecular complexity index is 159. The molecule has 0 N–H and O–H groups in total. The van der Waals surface area contributed by atoms with E-state index in [1.807, 2.05) is 34.6 Å². The SMILES string of the molecule is CCO[SiH](OCC)OCC.CCO[Si](C)(C)OCC. The van der Waals surface area contributed by atoms with Crippen LogP contribution in [-0.2, 0) is 22.1 Å². The van der Waals surface area contributed by atoms with Gasteiger partial charge in [-0.15, -0.1) is 0 Å². The van der Waals surface area contributed by atoms with Gasteiger partial charge in [0.1, 0.15) is 0 Å². The maximum absolute atomic E-state index is 5.39. The molecule has 0 unspecified atom stereocenters. The van der Waals surface area contributed by atoms with Crippen molar-refractivity contribution in [1.82, 2.24) is 0 Å². The fourth-order valence-corrected chi connectivity index (χ4v) is 3.87. The van der Waals surface area contributed by atoms with Crippen LogP contribution in [0.1, 0.15) is 34.6 Å². The first kappa shape index (κ1) is 21.5. The first-order chi connectivity index (χ1) is 8.97. The van der Waals surface area contributed by atoms with Crippen molar-refractivity contribution in [3.05, 3.63) is 0 Å². The summed E-state index contributed by atoms with van der Waals surface area (Å²) in [5, 5.41) is 0. The van der Waals surface area contributed by atoms with Gasteiger partial charge in [0.25, 0.3) is 0 Å². The Morgan fingerprint density at radius 3 is 1.16 bits per heavy atom. The third-order valence-corrected chi connectivity index (χ3v) is 5.68. The summed E-state index contributed by atoms with van der Waals surface area (Å²) < 4.78 is 26.4. The zero-order valence-electron chi connectivity index (χ0n) is 13.7. The van der Waals surface area contributed by atoms with Gasteiger partial charge < -0.3 is 22.1 Å². The van der Waals surface area contributed by atoms with Crippen molar-refractivity contribution in [2.24, 2.45) is 0 Å². The normalized spacial score (nSPS) is 11.4. The first-order valence-corrected chi connectivity index (χ1v) is 11.3. The molecule has 0 aliphatic rings. The molecule has 0 fully saturated rings. The molecule has 0 aromatic carbocycles.